The predicted octanol–water partition coefficient (Wildman–Crippen LogP) is 6.42. The number of nitrogens with zero attached hydrogens (tertiary/aromatic N) is 4. The van der Waals surface area contributed by atoms with Gasteiger partial charge in [-0.05, 0) is 68.3 Å². The van der Waals surface area contributed by atoms with E-state index in [-0.39, 0.29) is 28.2 Å². The molecule has 216 valence electrons. The van der Waals surface area contributed by atoms with Crippen molar-refractivity contribution in [1.29, 1.82) is 0 Å². The summed E-state index contributed by atoms with van der Waals surface area (Å²) < 4.78 is 5.74. The van der Waals surface area contributed by atoms with Gasteiger partial charge in [-0.1, -0.05) is 17.7 Å². The minimum absolute atomic E-state index is 0.0276. The third kappa shape index (κ3) is 5.38. The summed E-state index contributed by atoms with van der Waals surface area (Å²) in [6.07, 6.45) is 3.20. The number of aromatic carboxylic acids is 1. The number of benzene rings is 2. The van der Waals surface area contributed by atoms with Gasteiger partial charge < -0.3 is 14.7 Å². The van der Waals surface area contributed by atoms with Gasteiger partial charge in [-0.25, -0.2) is 14.1 Å². The number of aromatic nitrogens is 1. The van der Waals surface area contributed by atoms with Gasteiger partial charge in [-0.15, -0.1) is 0 Å². The van der Waals surface area contributed by atoms with Crippen LogP contribution >= 0.6 is 11.6 Å². The Hall–Kier alpha value is -3.62. The van der Waals surface area contributed by atoms with E-state index in [2.05, 4.69) is 22.0 Å². The van der Waals surface area contributed by atoms with Crippen LogP contribution < -0.4 is 14.5 Å². The second-order valence-electron chi connectivity index (χ2n) is 11.4. The molecule has 0 bridgehead atoms. The van der Waals surface area contributed by atoms with E-state index in [4.69, 9.17) is 16.3 Å². The summed E-state index contributed by atoms with van der Waals surface area (Å²) in [5.41, 5.74) is 6.06. The van der Waals surface area contributed by atoms with Crippen LogP contribution in [0.5, 0.6) is 5.75 Å². The van der Waals surface area contributed by atoms with Gasteiger partial charge in [0.25, 0.3) is 0 Å². The second kappa shape index (κ2) is 11.3. The van der Waals surface area contributed by atoms with Gasteiger partial charge in [0.15, 0.2) is 0 Å². The molecular formula is C32H38ClN4O4+. The number of carboxylic acid groups (broad SMARTS) is 1. The minimum Gasteiger partial charge on any atom is -0.495 e. The lowest BCUT2D eigenvalue weighted by Gasteiger charge is -2.48. The number of amides is 2. The van der Waals surface area contributed by atoms with Crippen LogP contribution in [-0.4, -0.2) is 66.9 Å². The Labute approximate surface area is 246 Å². The monoisotopic (exact) mass is 577 g/mol. The number of methoxy groups -OCH3 is 1. The number of carbonyl (C=O) groups is 2. The summed E-state index contributed by atoms with van der Waals surface area (Å²) >= 11 is 6.36. The van der Waals surface area contributed by atoms with E-state index in [0.29, 0.717) is 16.5 Å². The Morgan fingerprint density at radius 2 is 1.73 bits per heavy atom. The first kappa shape index (κ1) is 28.9. The van der Waals surface area contributed by atoms with Gasteiger partial charge in [0, 0.05) is 67.1 Å². The number of hydrogen-bond donors (Lipinski definition) is 1. The highest BCUT2D eigenvalue weighted by Gasteiger charge is 2.52. The van der Waals surface area contributed by atoms with Crippen LogP contribution in [0.3, 0.4) is 0 Å². The third-order valence-corrected chi connectivity index (χ3v) is 9.18. The summed E-state index contributed by atoms with van der Waals surface area (Å²) in [6.45, 7) is 5.65. The lowest BCUT2D eigenvalue weighted by atomic mass is 9.94. The molecule has 41 heavy (non-hydrogen) atoms. The first-order chi connectivity index (χ1) is 19.5. The fraction of sp³-hybridized carbons (Fsp3) is 0.406. The van der Waals surface area contributed by atoms with Crippen LogP contribution in [0.1, 0.15) is 58.2 Å². The highest BCUT2D eigenvalue weighted by Crippen LogP contribution is 2.45. The van der Waals surface area contributed by atoms with Gasteiger partial charge in [0.1, 0.15) is 17.8 Å². The number of urea groups is 1. The zero-order valence-electron chi connectivity index (χ0n) is 24.4. The molecule has 9 heteroatoms. The number of ether oxygens (including phenoxy) is 1. The molecule has 8 nitrogen and oxygen atoms in total. The first-order valence-corrected chi connectivity index (χ1v) is 14.4. The molecule has 2 unspecified atom stereocenters. The van der Waals surface area contributed by atoms with Crippen molar-refractivity contribution in [3.8, 4) is 5.75 Å². The van der Waals surface area contributed by atoms with Crippen molar-refractivity contribution in [3.05, 3.63) is 81.6 Å². The number of piperidine rings is 1. The predicted molar refractivity (Wildman–Crippen MR) is 161 cm³/mol. The van der Waals surface area contributed by atoms with E-state index in [1.807, 2.05) is 27.0 Å². The molecule has 0 spiro atoms. The molecule has 2 atom stereocenters. The van der Waals surface area contributed by atoms with Gasteiger partial charge in [-0.3, -0.25) is 9.88 Å². The molecule has 1 aliphatic carbocycles. The summed E-state index contributed by atoms with van der Waals surface area (Å²) in [6, 6.07) is 14.6. The lowest BCUT2D eigenvalue weighted by Crippen LogP contribution is -2.64. The zero-order chi connectivity index (χ0) is 29.5. The number of aryl methyl sites for hydroxylation is 3. The first-order valence-electron chi connectivity index (χ1n) is 14.1. The molecule has 1 aliphatic heterocycles. The van der Waals surface area contributed by atoms with Crippen molar-refractivity contribution in [1.82, 2.24) is 4.98 Å². The summed E-state index contributed by atoms with van der Waals surface area (Å²) in [7, 11) is 5.39. The molecule has 2 amide bonds. The summed E-state index contributed by atoms with van der Waals surface area (Å²) in [5.74, 6) is -0.397. The van der Waals surface area contributed by atoms with E-state index in [0.717, 1.165) is 67.0 Å². The van der Waals surface area contributed by atoms with Crippen molar-refractivity contribution >= 4 is 35.0 Å². The van der Waals surface area contributed by atoms with Crippen molar-refractivity contribution in [2.24, 2.45) is 0 Å². The number of carboxylic acids is 1. The Morgan fingerprint density at radius 1 is 1.05 bits per heavy atom. The molecule has 3 aromatic rings. The molecule has 0 saturated carbocycles. The van der Waals surface area contributed by atoms with E-state index in [1.54, 1.807) is 49.4 Å². The number of quaternary nitrogens is 1. The standard InChI is InChI=1S/C32H37ClN4O4/c1-20-16-25(17-21(2)34-20)36-14-12-26(13-15-36)37(4,29-10-8-22-6-7-23(31(38)39)18-27(22)29)32(40)35(3)28-19-24(33)9-11-30(28)41-5/h6-7,9,11,16-19,26,29H,8,10,12-15H2,1-5H3/p+1. The molecule has 1 N–H and O–H groups in total. The Kier molecular flexibility index (Phi) is 7.99. The quantitative estimate of drug-likeness (QED) is 0.341. The van der Waals surface area contributed by atoms with Crippen LogP contribution in [0.2, 0.25) is 5.02 Å². The van der Waals surface area contributed by atoms with Gasteiger partial charge >= 0.3 is 12.0 Å². The van der Waals surface area contributed by atoms with Crippen LogP contribution in [0.15, 0.2) is 48.5 Å². The fourth-order valence-corrected chi connectivity index (χ4v) is 6.99. The van der Waals surface area contributed by atoms with Crippen LogP contribution in [0, 0.1) is 13.8 Å². The van der Waals surface area contributed by atoms with Crippen molar-refractivity contribution in [2.45, 2.75) is 51.6 Å². The minimum atomic E-state index is -0.962. The molecule has 2 heterocycles. The Bertz CT molecular complexity index is 1470. The molecule has 2 aliphatic rings. The number of anilines is 2. The SMILES string of the molecule is COc1ccc(Cl)cc1N(C)C(=O)[N+](C)(C1CCN(c2cc(C)nc(C)c2)CC1)C1CCc2ccc(C(=O)O)cc21. The molecule has 1 aromatic heterocycles. The largest absolute Gasteiger partial charge is 0.495 e. The van der Waals surface area contributed by atoms with Gasteiger partial charge in [-0.2, -0.15) is 0 Å². The number of rotatable bonds is 6. The molecular weight excluding hydrogens is 540 g/mol. The smallest absolute Gasteiger partial charge is 0.423 e. The second-order valence-corrected chi connectivity index (χ2v) is 11.8. The Morgan fingerprint density at radius 3 is 2.37 bits per heavy atom. The highest BCUT2D eigenvalue weighted by molar-refractivity contribution is 6.31. The highest BCUT2D eigenvalue weighted by atomic mass is 35.5. The number of carbonyl (C=O) groups excluding carboxylic acids is 1. The number of fused-ring (bicyclic) bond motifs is 1. The maximum Gasteiger partial charge on any atom is 0.423 e. The Balaban J connectivity index is 1.53. The molecule has 5 rings (SSSR count). The molecule has 1 fully saturated rings. The maximum atomic E-state index is 14.8. The molecule has 2 aromatic carbocycles. The van der Waals surface area contributed by atoms with Crippen LogP contribution in [0.25, 0.3) is 0 Å². The van der Waals surface area contributed by atoms with Gasteiger partial charge in [0.05, 0.1) is 25.4 Å². The van der Waals surface area contributed by atoms with Crippen LogP contribution in [0.4, 0.5) is 16.2 Å². The molecule has 0 radical (unpaired) electrons. The number of hydrogen-bond acceptors (Lipinski definition) is 5. The normalized spacial score (nSPS) is 18.5. The summed E-state index contributed by atoms with van der Waals surface area (Å²) in [5, 5.41) is 10.3. The lowest BCUT2D eigenvalue weighted by molar-refractivity contribution is -0.887. The fourth-order valence-electron chi connectivity index (χ4n) is 6.82. The maximum absolute atomic E-state index is 14.8. The van der Waals surface area contributed by atoms with E-state index in [9.17, 15) is 14.7 Å². The van der Waals surface area contributed by atoms with E-state index >= 15 is 0 Å². The topological polar surface area (TPSA) is 83.0 Å². The summed E-state index contributed by atoms with van der Waals surface area (Å²) in [4.78, 5) is 35.2. The number of halogens is 1. The van der Waals surface area contributed by atoms with Crippen molar-refractivity contribution in [2.75, 3.05) is 44.1 Å². The third-order valence-electron chi connectivity index (χ3n) is 8.94. The van der Waals surface area contributed by atoms with Gasteiger partial charge in [0.2, 0.25) is 0 Å². The van der Waals surface area contributed by atoms with E-state index < -0.39 is 5.97 Å². The average molecular weight is 578 g/mol. The van der Waals surface area contributed by atoms with E-state index in [1.165, 1.54) is 0 Å². The van der Waals surface area contributed by atoms with Crippen LogP contribution in [-0.2, 0) is 6.42 Å². The zero-order valence-corrected chi connectivity index (χ0v) is 25.1. The average Bonchev–Trinajstić information content (AvgIpc) is 3.39. The van der Waals surface area contributed by atoms with Crippen molar-refractivity contribution < 1.29 is 23.9 Å². The number of pyridine rings is 1. The molecule has 1 saturated heterocycles. The van der Waals surface area contributed by atoms with Crippen molar-refractivity contribution in [3.63, 3.8) is 0 Å².